The van der Waals surface area contributed by atoms with Crippen molar-refractivity contribution in [3.63, 3.8) is 0 Å². The number of aryl methyl sites for hydroxylation is 3. The van der Waals surface area contributed by atoms with Crippen LogP contribution in [-0.4, -0.2) is 13.2 Å². The number of nitrogens with zero attached hydrogens (tertiary/aromatic N) is 1. The fraction of sp³-hybridized carbons (Fsp3) is 0.455. The van der Waals surface area contributed by atoms with Crippen LogP contribution in [0.5, 0.6) is 0 Å². The van der Waals surface area contributed by atoms with Gasteiger partial charge in [-0.3, -0.25) is 9.24 Å². The van der Waals surface area contributed by atoms with Crippen molar-refractivity contribution in [2.75, 3.05) is 17.8 Å². The fourth-order valence-electron chi connectivity index (χ4n) is 3.81. The van der Waals surface area contributed by atoms with Gasteiger partial charge >= 0.3 is 7.52 Å². The molecule has 3 rings (SSSR count). The summed E-state index contributed by atoms with van der Waals surface area (Å²) in [6, 6.07) is 14.2. The maximum absolute atomic E-state index is 14.3. The molecular weight excluding hydrogens is 341 g/mol. The van der Waals surface area contributed by atoms with Gasteiger partial charge in [-0.05, 0) is 49.4 Å². The molecule has 4 heteroatoms. The standard InChI is InChI=1S/C22H30NO2P/c1-16-12-17(2)21(18(3)13-16)26(24)23(20-10-8-7-9-11-20)14-19(15-25-26)22(4,5)6/h7-13,19H,14-15H2,1-6H3/t19-,26-/m1/s1. The summed E-state index contributed by atoms with van der Waals surface area (Å²) in [5.74, 6) is 0.316. The lowest BCUT2D eigenvalue weighted by Gasteiger charge is -2.45. The molecule has 0 amide bonds. The molecule has 0 aliphatic carbocycles. The molecule has 1 heterocycles. The molecule has 1 saturated heterocycles. The van der Waals surface area contributed by atoms with E-state index in [4.69, 9.17) is 4.52 Å². The zero-order valence-electron chi connectivity index (χ0n) is 16.7. The summed E-state index contributed by atoms with van der Waals surface area (Å²) in [4.78, 5) is 0. The molecule has 140 valence electrons. The molecule has 0 spiro atoms. The Kier molecular flexibility index (Phi) is 5.07. The molecular formula is C22H30NO2P. The van der Waals surface area contributed by atoms with Gasteiger partial charge in [0.25, 0.3) is 0 Å². The molecule has 0 aromatic heterocycles. The largest absolute Gasteiger partial charge is 0.327 e. The molecule has 2 atom stereocenters. The van der Waals surface area contributed by atoms with Crippen LogP contribution in [0.1, 0.15) is 37.5 Å². The topological polar surface area (TPSA) is 29.5 Å². The van der Waals surface area contributed by atoms with Crippen molar-refractivity contribution in [1.29, 1.82) is 0 Å². The second kappa shape index (κ2) is 6.87. The average molecular weight is 371 g/mol. The lowest BCUT2D eigenvalue weighted by Crippen LogP contribution is -2.44. The van der Waals surface area contributed by atoms with Crippen molar-refractivity contribution in [2.45, 2.75) is 41.5 Å². The van der Waals surface area contributed by atoms with Gasteiger partial charge in [0.2, 0.25) is 0 Å². The highest BCUT2D eigenvalue weighted by Crippen LogP contribution is 2.57. The Hall–Kier alpha value is -1.57. The first-order valence-electron chi connectivity index (χ1n) is 9.29. The third kappa shape index (κ3) is 3.48. The van der Waals surface area contributed by atoms with Gasteiger partial charge in [-0.1, -0.05) is 56.7 Å². The van der Waals surface area contributed by atoms with E-state index in [9.17, 15) is 4.57 Å². The monoisotopic (exact) mass is 371 g/mol. The van der Waals surface area contributed by atoms with Crippen LogP contribution < -0.4 is 9.97 Å². The second-order valence-corrected chi connectivity index (χ2v) is 10.8. The minimum atomic E-state index is -3.17. The first-order chi connectivity index (χ1) is 12.1. The van der Waals surface area contributed by atoms with E-state index in [1.54, 1.807) is 0 Å². The van der Waals surface area contributed by atoms with Gasteiger partial charge in [-0.2, -0.15) is 0 Å². The van der Waals surface area contributed by atoms with E-state index in [1.165, 1.54) is 5.56 Å². The van der Waals surface area contributed by atoms with E-state index in [0.717, 1.165) is 28.7 Å². The van der Waals surface area contributed by atoms with Crippen LogP contribution in [0.25, 0.3) is 0 Å². The SMILES string of the molecule is Cc1cc(C)c([P@@]2(=O)OC[C@H](C(C)(C)C)CN2c2ccccc2)c(C)c1. The van der Waals surface area contributed by atoms with E-state index in [2.05, 4.69) is 39.8 Å². The number of benzene rings is 2. The molecule has 0 unspecified atom stereocenters. The Morgan fingerprint density at radius 1 is 1.04 bits per heavy atom. The fourth-order valence-corrected chi connectivity index (χ4v) is 6.58. The molecule has 0 bridgehead atoms. The smallest absolute Gasteiger partial charge is 0.310 e. The van der Waals surface area contributed by atoms with E-state index < -0.39 is 7.52 Å². The third-order valence-electron chi connectivity index (χ3n) is 5.36. The summed E-state index contributed by atoms with van der Waals surface area (Å²) in [6.07, 6.45) is 0. The Balaban J connectivity index is 2.14. The first kappa shape index (κ1) is 19.2. The molecule has 3 nitrogen and oxygen atoms in total. The van der Waals surface area contributed by atoms with Crippen molar-refractivity contribution >= 4 is 18.5 Å². The molecule has 26 heavy (non-hydrogen) atoms. The van der Waals surface area contributed by atoms with Gasteiger partial charge < -0.3 is 4.52 Å². The number of hydrogen-bond acceptors (Lipinski definition) is 2. The highest BCUT2D eigenvalue weighted by Gasteiger charge is 2.45. The van der Waals surface area contributed by atoms with Gasteiger partial charge in [0.15, 0.2) is 0 Å². The van der Waals surface area contributed by atoms with Crippen LogP contribution in [0.4, 0.5) is 5.69 Å². The summed E-state index contributed by atoms with van der Waals surface area (Å²) in [7, 11) is -3.17. The van der Waals surface area contributed by atoms with Gasteiger partial charge in [0.1, 0.15) is 0 Å². The summed E-state index contributed by atoms with van der Waals surface area (Å²) < 4.78 is 22.6. The maximum Gasteiger partial charge on any atom is 0.327 e. The van der Waals surface area contributed by atoms with Crippen LogP contribution in [0.3, 0.4) is 0 Å². The quantitative estimate of drug-likeness (QED) is 0.641. The summed E-state index contributed by atoms with van der Waals surface area (Å²) in [5, 5.41) is 0.860. The molecule has 0 saturated carbocycles. The molecule has 1 aliphatic heterocycles. The van der Waals surface area contributed by atoms with Crippen molar-refractivity contribution in [1.82, 2.24) is 0 Å². The van der Waals surface area contributed by atoms with Crippen molar-refractivity contribution < 1.29 is 9.09 Å². The van der Waals surface area contributed by atoms with E-state index in [-0.39, 0.29) is 5.41 Å². The van der Waals surface area contributed by atoms with Crippen LogP contribution in [-0.2, 0) is 9.09 Å². The van der Waals surface area contributed by atoms with Crippen molar-refractivity contribution in [2.24, 2.45) is 11.3 Å². The van der Waals surface area contributed by atoms with Crippen LogP contribution >= 0.6 is 7.52 Å². The maximum atomic E-state index is 14.3. The predicted molar refractivity (Wildman–Crippen MR) is 111 cm³/mol. The number of para-hydroxylation sites is 1. The zero-order valence-corrected chi connectivity index (χ0v) is 17.6. The molecule has 0 radical (unpaired) electrons. The number of hydrogen-bond donors (Lipinski definition) is 0. The van der Waals surface area contributed by atoms with Crippen LogP contribution in [0.15, 0.2) is 42.5 Å². The van der Waals surface area contributed by atoms with Crippen LogP contribution in [0.2, 0.25) is 0 Å². The molecule has 1 aliphatic rings. The number of anilines is 1. The summed E-state index contributed by atoms with van der Waals surface area (Å²) in [6.45, 7) is 14.1. The Morgan fingerprint density at radius 2 is 1.62 bits per heavy atom. The Bertz CT molecular complexity index is 816. The third-order valence-corrected chi connectivity index (χ3v) is 8.16. The first-order valence-corrected chi connectivity index (χ1v) is 10.9. The molecule has 0 N–H and O–H groups in total. The van der Waals surface area contributed by atoms with Gasteiger partial charge in [0.05, 0.1) is 11.9 Å². The zero-order chi connectivity index (χ0) is 19.1. The molecule has 1 fully saturated rings. The van der Waals surface area contributed by atoms with Gasteiger partial charge in [-0.15, -0.1) is 0 Å². The minimum Gasteiger partial charge on any atom is -0.310 e. The normalized spacial score (nSPS) is 23.9. The summed E-state index contributed by atoms with van der Waals surface area (Å²) >= 11 is 0. The Labute approximate surface area is 157 Å². The molecule has 2 aromatic carbocycles. The lowest BCUT2D eigenvalue weighted by molar-refractivity contribution is 0.139. The van der Waals surface area contributed by atoms with Crippen molar-refractivity contribution in [3.05, 3.63) is 59.2 Å². The van der Waals surface area contributed by atoms with Gasteiger partial charge in [0, 0.05) is 18.2 Å². The second-order valence-electron chi connectivity index (χ2n) is 8.54. The van der Waals surface area contributed by atoms with Gasteiger partial charge in [-0.25, -0.2) is 0 Å². The van der Waals surface area contributed by atoms with Crippen LogP contribution in [0, 0.1) is 32.1 Å². The van der Waals surface area contributed by atoms with E-state index in [0.29, 0.717) is 12.5 Å². The van der Waals surface area contributed by atoms with E-state index >= 15 is 0 Å². The van der Waals surface area contributed by atoms with Crippen molar-refractivity contribution in [3.8, 4) is 0 Å². The average Bonchev–Trinajstić information content (AvgIpc) is 2.53. The highest BCUT2D eigenvalue weighted by atomic mass is 31.2. The number of rotatable bonds is 2. The predicted octanol–water partition coefficient (Wildman–Crippen LogP) is 5.63. The Morgan fingerprint density at radius 3 is 2.15 bits per heavy atom. The highest BCUT2D eigenvalue weighted by molar-refractivity contribution is 7.68. The molecule has 2 aromatic rings. The lowest BCUT2D eigenvalue weighted by atomic mass is 9.81. The van der Waals surface area contributed by atoms with E-state index in [1.807, 2.05) is 48.8 Å². The summed E-state index contributed by atoms with van der Waals surface area (Å²) in [5.41, 5.74) is 4.33. The minimum absolute atomic E-state index is 0.0929.